The molecule has 3 aliphatic rings. The van der Waals surface area contributed by atoms with E-state index in [1.54, 1.807) is 45.5 Å². The Balaban J connectivity index is 1.72. The molecule has 3 saturated heterocycles. The number of nitrogens with zero attached hydrogens (tertiary/aromatic N) is 3. The summed E-state index contributed by atoms with van der Waals surface area (Å²) in [5.41, 5.74) is 0.713. The van der Waals surface area contributed by atoms with E-state index >= 15 is 0 Å². The quantitative estimate of drug-likeness (QED) is 0.342. The first-order valence-electron chi connectivity index (χ1n) is 14.4. The third-order valence-corrected chi connectivity index (χ3v) is 10.4. The Labute approximate surface area is 242 Å². The van der Waals surface area contributed by atoms with Crippen LogP contribution in [0.3, 0.4) is 0 Å². The number of hydrogen-bond acceptors (Lipinski definition) is 6. The summed E-state index contributed by atoms with van der Waals surface area (Å²) in [6.07, 6.45) is 6.64. The highest BCUT2D eigenvalue weighted by molar-refractivity contribution is 8.02. The molecule has 9 heteroatoms. The van der Waals surface area contributed by atoms with Crippen LogP contribution in [0, 0.1) is 11.8 Å². The second kappa shape index (κ2) is 12.8. The first kappa shape index (κ1) is 30.2. The standard InChI is InChI=1S/C31H43N3O5S/c1-6-10-19-32(17-7-2)30(38)27-31-16-15-24(40-31)25(26(31)29(37)34(27)21(5)20-35)28(36)33(18-8-3)22-11-13-23(14-12-22)39-9-4/h7-8,11-14,21,24-27,35H,2-3,6,9-10,15-20H2,1,4-5H3/t21-,24+,25-,26+,27?,31?/m1/s1. The van der Waals surface area contributed by atoms with Gasteiger partial charge in [-0.3, -0.25) is 14.4 Å². The van der Waals surface area contributed by atoms with Crippen molar-refractivity contribution in [1.82, 2.24) is 9.80 Å². The molecule has 0 saturated carbocycles. The minimum Gasteiger partial charge on any atom is -0.494 e. The molecule has 1 aromatic carbocycles. The number of likely N-dealkylation sites (tertiary alicyclic amines) is 1. The minimum atomic E-state index is -0.727. The van der Waals surface area contributed by atoms with Gasteiger partial charge in [-0.2, -0.15) is 0 Å². The van der Waals surface area contributed by atoms with E-state index in [4.69, 9.17) is 4.74 Å². The highest BCUT2D eigenvalue weighted by atomic mass is 32.2. The van der Waals surface area contributed by atoms with Crippen molar-refractivity contribution in [3.63, 3.8) is 0 Å². The van der Waals surface area contributed by atoms with Gasteiger partial charge in [0.15, 0.2) is 0 Å². The van der Waals surface area contributed by atoms with Crippen molar-refractivity contribution in [2.24, 2.45) is 11.8 Å². The first-order valence-corrected chi connectivity index (χ1v) is 15.3. The van der Waals surface area contributed by atoms with Crippen LogP contribution in [0.1, 0.15) is 46.5 Å². The summed E-state index contributed by atoms with van der Waals surface area (Å²) in [5.74, 6) is -0.904. The number of carbonyl (C=O) groups excluding carboxylic acids is 3. The molecule has 40 heavy (non-hydrogen) atoms. The van der Waals surface area contributed by atoms with Crippen molar-refractivity contribution in [2.45, 2.75) is 68.5 Å². The van der Waals surface area contributed by atoms with Crippen LogP contribution in [0.25, 0.3) is 0 Å². The van der Waals surface area contributed by atoms with Gasteiger partial charge in [-0.1, -0.05) is 25.5 Å². The molecule has 3 amide bonds. The number of benzene rings is 1. The van der Waals surface area contributed by atoms with Crippen LogP contribution in [-0.4, -0.2) is 87.6 Å². The van der Waals surface area contributed by atoms with Gasteiger partial charge in [0.1, 0.15) is 11.8 Å². The molecule has 6 atom stereocenters. The number of ether oxygens (including phenoxy) is 1. The number of unbranched alkanes of at least 4 members (excludes halogenated alkanes) is 1. The normalized spacial score (nSPS) is 27.3. The topological polar surface area (TPSA) is 90.4 Å². The number of thioether (sulfide) groups is 1. The average molecular weight is 570 g/mol. The van der Waals surface area contributed by atoms with Crippen LogP contribution in [0.15, 0.2) is 49.6 Å². The van der Waals surface area contributed by atoms with Crippen LogP contribution in [0.5, 0.6) is 5.75 Å². The number of fused-ring (bicyclic) bond motifs is 1. The predicted molar refractivity (Wildman–Crippen MR) is 159 cm³/mol. The summed E-state index contributed by atoms with van der Waals surface area (Å²) < 4.78 is 4.87. The molecule has 1 spiro atoms. The Bertz CT molecular complexity index is 1110. The zero-order valence-electron chi connectivity index (χ0n) is 24.0. The smallest absolute Gasteiger partial charge is 0.247 e. The Hall–Kier alpha value is -2.78. The molecule has 2 unspecified atom stereocenters. The van der Waals surface area contributed by atoms with Crippen molar-refractivity contribution in [2.75, 3.05) is 37.7 Å². The molecule has 3 heterocycles. The molecule has 1 N–H and O–H groups in total. The summed E-state index contributed by atoms with van der Waals surface area (Å²) >= 11 is 1.65. The monoisotopic (exact) mass is 569 g/mol. The lowest BCUT2D eigenvalue weighted by Crippen LogP contribution is -2.57. The molecule has 0 aliphatic carbocycles. The molecule has 2 bridgehead atoms. The lowest BCUT2D eigenvalue weighted by atomic mass is 9.70. The number of amides is 3. The SMILES string of the molecule is C=CCN(CCCC)C(=O)C1N([C@H](C)CO)C(=O)[C@@H]2[C@H](C(=O)N(CC=C)c3ccc(OCC)cc3)[C@@H]3CCC12S3. The average Bonchev–Trinajstić information content (AvgIpc) is 3.61. The molecule has 8 nitrogen and oxygen atoms in total. The Kier molecular flexibility index (Phi) is 9.67. The second-order valence-electron chi connectivity index (χ2n) is 10.9. The highest BCUT2D eigenvalue weighted by Gasteiger charge is 2.74. The molecule has 218 valence electrons. The molecular weight excluding hydrogens is 526 g/mol. The molecule has 0 radical (unpaired) electrons. The maximum Gasteiger partial charge on any atom is 0.247 e. The summed E-state index contributed by atoms with van der Waals surface area (Å²) in [6.45, 7) is 15.1. The van der Waals surface area contributed by atoms with Gasteiger partial charge in [0.25, 0.3) is 0 Å². The zero-order valence-corrected chi connectivity index (χ0v) is 24.8. The van der Waals surface area contributed by atoms with Crippen molar-refractivity contribution < 1.29 is 24.2 Å². The number of rotatable bonds is 14. The second-order valence-corrected chi connectivity index (χ2v) is 12.5. The maximum absolute atomic E-state index is 14.3. The summed E-state index contributed by atoms with van der Waals surface area (Å²) in [7, 11) is 0. The van der Waals surface area contributed by atoms with Crippen LogP contribution >= 0.6 is 11.8 Å². The number of hydrogen-bond donors (Lipinski definition) is 1. The van der Waals surface area contributed by atoms with E-state index in [-0.39, 0.29) is 29.6 Å². The van der Waals surface area contributed by atoms with Crippen molar-refractivity contribution in [3.8, 4) is 5.75 Å². The van der Waals surface area contributed by atoms with Crippen LogP contribution < -0.4 is 9.64 Å². The third-order valence-electron chi connectivity index (χ3n) is 8.48. The van der Waals surface area contributed by atoms with Gasteiger partial charge >= 0.3 is 0 Å². The predicted octanol–water partition coefficient (Wildman–Crippen LogP) is 3.89. The molecule has 3 aliphatic heterocycles. The van der Waals surface area contributed by atoms with E-state index in [1.807, 2.05) is 31.2 Å². The first-order chi connectivity index (χ1) is 19.3. The summed E-state index contributed by atoms with van der Waals surface area (Å²) in [4.78, 5) is 47.9. The minimum absolute atomic E-state index is 0.0538. The van der Waals surface area contributed by atoms with Crippen molar-refractivity contribution in [3.05, 3.63) is 49.6 Å². The number of carbonyl (C=O) groups is 3. The Morgan fingerprint density at radius 1 is 1.20 bits per heavy atom. The molecular formula is C31H43N3O5S. The molecule has 3 fully saturated rings. The van der Waals surface area contributed by atoms with Gasteiger partial charge in [0.05, 0.1) is 35.8 Å². The van der Waals surface area contributed by atoms with Gasteiger partial charge in [-0.15, -0.1) is 24.9 Å². The maximum atomic E-state index is 14.3. The van der Waals surface area contributed by atoms with Gasteiger partial charge in [0.2, 0.25) is 17.7 Å². The fourth-order valence-corrected chi connectivity index (χ4v) is 8.90. The van der Waals surface area contributed by atoms with Gasteiger partial charge in [0, 0.05) is 30.6 Å². The van der Waals surface area contributed by atoms with E-state index in [9.17, 15) is 19.5 Å². The van der Waals surface area contributed by atoms with Crippen LogP contribution in [0.2, 0.25) is 0 Å². The number of anilines is 1. The fraction of sp³-hybridized carbons (Fsp3) is 0.581. The fourth-order valence-electron chi connectivity index (χ4n) is 6.70. The zero-order chi connectivity index (χ0) is 29.0. The largest absolute Gasteiger partial charge is 0.494 e. The third kappa shape index (κ3) is 5.18. The van der Waals surface area contributed by atoms with E-state index in [0.717, 1.165) is 25.0 Å². The van der Waals surface area contributed by atoms with Crippen LogP contribution in [-0.2, 0) is 14.4 Å². The summed E-state index contributed by atoms with van der Waals surface area (Å²) in [6, 6.07) is 6.12. The Morgan fingerprint density at radius 3 is 2.50 bits per heavy atom. The lowest BCUT2D eigenvalue weighted by Gasteiger charge is -2.39. The number of aliphatic hydroxyl groups excluding tert-OH is 1. The van der Waals surface area contributed by atoms with E-state index in [2.05, 4.69) is 20.1 Å². The molecule has 4 rings (SSSR count). The Morgan fingerprint density at radius 2 is 1.90 bits per heavy atom. The van der Waals surface area contributed by atoms with E-state index < -0.39 is 28.7 Å². The van der Waals surface area contributed by atoms with E-state index in [0.29, 0.717) is 38.3 Å². The lowest BCUT2D eigenvalue weighted by molar-refractivity contribution is -0.145. The van der Waals surface area contributed by atoms with Gasteiger partial charge < -0.3 is 24.5 Å². The highest BCUT2D eigenvalue weighted by Crippen LogP contribution is 2.67. The van der Waals surface area contributed by atoms with Crippen molar-refractivity contribution >= 4 is 35.2 Å². The van der Waals surface area contributed by atoms with Crippen molar-refractivity contribution in [1.29, 1.82) is 0 Å². The van der Waals surface area contributed by atoms with Gasteiger partial charge in [-0.25, -0.2) is 0 Å². The summed E-state index contributed by atoms with van der Waals surface area (Å²) in [5, 5.41) is 10.1. The molecule has 0 aromatic heterocycles. The number of aliphatic hydroxyl groups is 1. The van der Waals surface area contributed by atoms with Gasteiger partial charge in [-0.05, 0) is 57.4 Å². The molecule has 1 aromatic rings. The van der Waals surface area contributed by atoms with E-state index in [1.165, 1.54) is 0 Å². The van der Waals surface area contributed by atoms with Crippen LogP contribution in [0.4, 0.5) is 5.69 Å².